The van der Waals surface area contributed by atoms with Crippen LogP contribution in [0.1, 0.15) is 11.8 Å². The van der Waals surface area contributed by atoms with Crippen molar-refractivity contribution in [3.63, 3.8) is 0 Å². The minimum atomic E-state index is -3.79. The van der Waals surface area contributed by atoms with E-state index in [0.717, 1.165) is 0 Å². The highest BCUT2D eigenvalue weighted by atomic mass is 35.7. The Bertz CT molecular complexity index is 599. The predicted octanol–water partition coefficient (Wildman–Crippen LogP) is 3.77. The molecule has 21 heavy (non-hydrogen) atoms. The minimum Gasteiger partial charge on any atom is -0.445 e. The van der Waals surface area contributed by atoms with Crippen LogP contribution in [0.3, 0.4) is 0 Å². The molecule has 0 atom stereocenters. The van der Waals surface area contributed by atoms with E-state index in [1.807, 2.05) is 0 Å². The Morgan fingerprint density at radius 1 is 1.10 bits per heavy atom. The summed E-state index contributed by atoms with van der Waals surface area (Å²) in [6.45, 7) is 3.27. The van der Waals surface area contributed by atoms with E-state index in [9.17, 15) is 4.57 Å². The van der Waals surface area contributed by atoms with Gasteiger partial charge in [-0.05, 0) is 0 Å². The van der Waals surface area contributed by atoms with Crippen LogP contribution in [-0.2, 0) is 13.6 Å². The molecule has 112 valence electrons. The van der Waals surface area contributed by atoms with Crippen molar-refractivity contribution in [3.8, 4) is 0 Å². The molecular formula is C12H12ClN2O5P. The quantitative estimate of drug-likeness (QED) is 0.681. The zero-order chi connectivity index (χ0) is 15.3. The van der Waals surface area contributed by atoms with Gasteiger partial charge in [0.25, 0.3) is 0 Å². The average Bonchev–Trinajstić information content (AvgIpc) is 3.14. The van der Waals surface area contributed by atoms with Crippen molar-refractivity contribution in [2.45, 2.75) is 0 Å². The molecule has 0 aliphatic carbocycles. The number of rotatable bonds is 8. The molecule has 0 fully saturated rings. The minimum absolute atomic E-state index is 0.146. The molecule has 0 amide bonds. The molecule has 2 heterocycles. The van der Waals surface area contributed by atoms with Gasteiger partial charge in [-0.3, -0.25) is 9.05 Å². The number of oxazole rings is 2. The number of aromatic nitrogens is 2. The second kappa shape index (κ2) is 6.87. The van der Waals surface area contributed by atoms with Gasteiger partial charge in [0.1, 0.15) is 12.5 Å². The molecule has 0 N–H and O–H groups in total. The summed E-state index contributed by atoms with van der Waals surface area (Å²) >= 11 is 5.67. The van der Waals surface area contributed by atoms with Crippen LogP contribution in [0.4, 0.5) is 0 Å². The van der Waals surface area contributed by atoms with Crippen molar-refractivity contribution in [2.75, 3.05) is 13.2 Å². The number of halogens is 1. The van der Waals surface area contributed by atoms with E-state index in [1.165, 1.54) is 24.9 Å². The fourth-order valence-electron chi connectivity index (χ4n) is 1.27. The van der Waals surface area contributed by atoms with Gasteiger partial charge in [-0.2, -0.15) is 0 Å². The normalized spacial score (nSPS) is 11.5. The van der Waals surface area contributed by atoms with E-state index in [0.29, 0.717) is 11.1 Å². The molecular weight excluding hydrogens is 319 g/mol. The molecule has 0 aliphatic heterocycles. The fourth-order valence-corrected chi connectivity index (χ4v) is 2.25. The van der Waals surface area contributed by atoms with Crippen LogP contribution < -0.4 is 0 Å². The van der Waals surface area contributed by atoms with Gasteiger partial charge >= 0.3 is 6.95 Å². The predicted molar refractivity (Wildman–Crippen MR) is 76.4 cm³/mol. The molecule has 0 unspecified atom stereocenters. The molecule has 0 aromatic carbocycles. The zero-order valence-corrected chi connectivity index (χ0v) is 12.5. The second-order valence-electron chi connectivity index (χ2n) is 3.86. The topological polar surface area (TPSA) is 87.6 Å². The molecule has 7 nitrogen and oxygen atoms in total. The van der Waals surface area contributed by atoms with E-state index >= 15 is 0 Å². The van der Waals surface area contributed by atoms with Crippen LogP contribution in [0.5, 0.6) is 0 Å². The van der Waals surface area contributed by atoms with Gasteiger partial charge in [0.05, 0.1) is 25.6 Å². The van der Waals surface area contributed by atoms with E-state index in [1.54, 1.807) is 0 Å². The van der Waals surface area contributed by atoms with Crippen LogP contribution in [-0.4, -0.2) is 23.2 Å². The third-order valence-electron chi connectivity index (χ3n) is 2.26. The van der Waals surface area contributed by atoms with Crippen molar-refractivity contribution < 1.29 is 22.4 Å². The molecule has 2 aromatic heterocycles. The van der Waals surface area contributed by atoms with Gasteiger partial charge in [-0.1, -0.05) is 13.2 Å². The van der Waals surface area contributed by atoms with Crippen molar-refractivity contribution in [1.82, 2.24) is 9.97 Å². The van der Waals surface area contributed by atoms with Crippen molar-refractivity contribution in [1.29, 1.82) is 0 Å². The van der Waals surface area contributed by atoms with Crippen molar-refractivity contribution in [2.24, 2.45) is 0 Å². The van der Waals surface area contributed by atoms with E-state index < -0.39 is 6.95 Å². The van der Waals surface area contributed by atoms with Crippen LogP contribution in [0.2, 0.25) is 0 Å². The summed E-state index contributed by atoms with van der Waals surface area (Å²) < 4.78 is 31.9. The molecule has 2 rings (SSSR count). The van der Waals surface area contributed by atoms with E-state index in [2.05, 4.69) is 23.1 Å². The molecule has 0 saturated carbocycles. The van der Waals surface area contributed by atoms with Crippen molar-refractivity contribution >= 4 is 29.3 Å². The molecule has 0 aliphatic rings. The van der Waals surface area contributed by atoms with Crippen LogP contribution in [0, 0.1) is 0 Å². The van der Waals surface area contributed by atoms with Gasteiger partial charge in [-0.15, -0.1) is 0 Å². The highest BCUT2D eigenvalue weighted by Gasteiger charge is 2.23. The highest BCUT2D eigenvalue weighted by Crippen LogP contribution is 2.54. The van der Waals surface area contributed by atoms with E-state index in [-0.39, 0.29) is 25.0 Å². The van der Waals surface area contributed by atoms with Gasteiger partial charge < -0.3 is 8.83 Å². The van der Waals surface area contributed by atoms with Crippen molar-refractivity contribution in [3.05, 3.63) is 49.9 Å². The summed E-state index contributed by atoms with van der Waals surface area (Å²) in [5.41, 5.74) is 0.770. The maximum absolute atomic E-state index is 11.9. The first kappa shape index (κ1) is 15.7. The van der Waals surface area contributed by atoms with Gasteiger partial charge in [-0.25, -0.2) is 14.5 Å². The summed E-state index contributed by atoms with van der Waals surface area (Å²) in [5.74, 6) is 0.548. The molecule has 2 aromatic rings. The largest absolute Gasteiger partial charge is 0.445 e. The van der Waals surface area contributed by atoms with Crippen LogP contribution in [0.15, 0.2) is 46.9 Å². The molecule has 0 spiro atoms. The fraction of sp³-hybridized carbons (Fsp3) is 0.167. The lowest BCUT2D eigenvalue weighted by Gasteiger charge is -2.12. The maximum Gasteiger partial charge on any atom is 0.424 e. The van der Waals surface area contributed by atoms with Gasteiger partial charge in [0.15, 0.2) is 0 Å². The monoisotopic (exact) mass is 330 g/mol. The Kier molecular flexibility index (Phi) is 5.14. The maximum atomic E-state index is 11.9. The molecule has 0 saturated heterocycles. The highest BCUT2D eigenvalue weighted by molar-refractivity contribution is 7.81. The summed E-state index contributed by atoms with van der Waals surface area (Å²) in [7, 11) is 0. The Balaban J connectivity index is 1.80. The number of hydrogen-bond acceptors (Lipinski definition) is 7. The number of hydrogen-bond donors (Lipinski definition) is 0. The first-order chi connectivity index (χ1) is 9.98. The SMILES string of the molecule is C=C(COP(=O)(Cl)OCC(=C)c1ncco1)c1ncco1. The third-order valence-corrected chi connectivity index (χ3v) is 3.72. The van der Waals surface area contributed by atoms with E-state index in [4.69, 9.17) is 29.1 Å². The average molecular weight is 331 g/mol. The molecule has 0 bridgehead atoms. The lowest BCUT2D eigenvalue weighted by molar-refractivity contribution is 0.256. The summed E-state index contributed by atoms with van der Waals surface area (Å²) in [4.78, 5) is 7.74. The molecule has 0 radical (unpaired) electrons. The summed E-state index contributed by atoms with van der Waals surface area (Å²) in [5, 5.41) is 0. The summed E-state index contributed by atoms with van der Waals surface area (Å²) in [6, 6.07) is 0. The Morgan fingerprint density at radius 2 is 1.52 bits per heavy atom. The Hall–Kier alpha value is -1.66. The lowest BCUT2D eigenvalue weighted by Crippen LogP contribution is -1.99. The van der Waals surface area contributed by atoms with Crippen LogP contribution >= 0.6 is 18.2 Å². The van der Waals surface area contributed by atoms with Gasteiger partial charge in [0.2, 0.25) is 11.8 Å². The standard InChI is InChI=1S/C12H12ClN2O5P/c1-9(11-14-3-5-17-11)7-19-21(13,16)20-8-10(2)12-15-4-6-18-12/h3-6H,1-2,7-8H2. The summed E-state index contributed by atoms with van der Waals surface area (Å²) in [6.07, 6.45) is 5.69. The first-order valence-electron chi connectivity index (χ1n) is 5.72. The molecule has 9 heteroatoms. The van der Waals surface area contributed by atoms with Gasteiger partial charge in [0, 0.05) is 22.4 Å². The number of nitrogens with zero attached hydrogens (tertiary/aromatic N) is 2. The first-order valence-corrected chi connectivity index (χ1v) is 8.17. The Labute approximate surface area is 125 Å². The zero-order valence-electron chi connectivity index (χ0n) is 10.9. The lowest BCUT2D eigenvalue weighted by atomic mass is 10.3. The smallest absolute Gasteiger partial charge is 0.424 e. The van der Waals surface area contributed by atoms with Crippen LogP contribution in [0.25, 0.3) is 11.1 Å². The Morgan fingerprint density at radius 3 is 1.86 bits per heavy atom. The third kappa shape index (κ3) is 4.68. The second-order valence-corrected chi connectivity index (χ2v) is 6.48.